The Bertz CT molecular complexity index is 1570. The highest BCUT2D eigenvalue weighted by Crippen LogP contribution is 2.38. The number of piperazine rings is 1. The molecule has 2 aliphatic rings. The van der Waals surface area contributed by atoms with Crippen molar-refractivity contribution in [1.29, 1.82) is 0 Å². The Labute approximate surface area is 262 Å². The third-order valence-electron chi connectivity index (χ3n) is 8.35. The van der Waals surface area contributed by atoms with E-state index in [9.17, 15) is 20.0 Å². The van der Waals surface area contributed by atoms with Crippen LogP contribution in [0, 0.1) is 10.1 Å². The Kier molecular flexibility index (Phi) is 9.46. The molecule has 0 aromatic heterocycles. The van der Waals surface area contributed by atoms with Crippen molar-refractivity contribution in [3.63, 3.8) is 0 Å². The Balaban J connectivity index is 1.12. The van der Waals surface area contributed by atoms with Crippen molar-refractivity contribution in [2.24, 2.45) is 0 Å². The average Bonchev–Trinajstić information content (AvgIpc) is 3.09. The molecule has 6 rings (SSSR count). The van der Waals surface area contributed by atoms with Crippen molar-refractivity contribution in [3.8, 4) is 0 Å². The van der Waals surface area contributed by atoms with E-state index >= 15 is 0 Å². The van der Waals surface area contributed by atoms with E-state index in [4.69, 9.17) is 9.47 Å². The molecule has 0 bridgehead atoms. The number of ether oxygens (including phenoxy) is 2. The number of benzene rings is 4. The molecule has 2 aliphatic heterocycles. The lowest BCUT2D eigenvalue weighted by atomic mass is 9.99. The highest BCUT2D eigenvalue weighted by Gasteiger charge is 2.34. The number of carbonyl (C=O) groups is 1. The first kappa shape index (κ1) is 30.4. The van der Waals surface area contributed by atoms with Crippen molar-refractivity contribution in [1.82, 2.24) is 4.90 Å². The Morgan fingerprint density at radius 1 is 0.844 bits per heavy atom. The van der Waals surface area contributed by atoms with Crippen molar-refractivity contribution in [2.45, 2.75) is 31.5 Å². The highest BCUT2D eigenvalue weighted by molar-refractivity contribution is 6.04. The van der Waals surface area contributed by atoms with E-state index < -0.39 is 6.29 Å². The number of non-ortho nitro benzene ring substituents is 1. The van der Waals surface area contributed by atoms with E-state index in [2.05, 4.69) is 15.1 Å². The summed E-state index contributed by atoms with van der Waals surface area (Å²) in [6.45, 7) is 4.03. The first-order valence-electron chi connectivity index (χ1n) is 15.1. The zero-order chi connectivity index (χ0) is 31.2. The number of rotatable bonds is 9. The molecule has 10 nitrogen and oxygen atoms in total. The standard InChI is InChI=1S/C35H36N4O6/c40-24-25-6-8-26(9-7-25)33-22-32(23-37-18-20-38(21-19-37)30-14-16-31(17-15-30)39(42)43)44-35(45-33)28-10-12-29(13-11-28)36-34(41)27-4-2-1-3-5-27/h1-17,32-33,35,40H,18-24H2,(H,36,41)/t32-,33+,35+/m1/s1. The highest BCUT2D eigenvalue weighted by atomic mass is 16.7. The first-order valence-corrected chi connectivity index (χ1v) is 15.1. The normalized spacial score (nSPS) is 20.5. The van der Waals surface area contributed by atoms with Gasteiger partial charge in [0, 0.05) is 73.8 Å². The quantitative estimate of drug-likeness (QED) is 0.183. The van der Waals surface area contributed by atoms with Crippen molar-refractivity contribution in [2.75, 3.05) is 42.9 Å². The van der Waals surface area contributed by atoms with Gasteiger partial charge in [0.15, 0.2) is 6.29 Å². The fourth-order valence-electron chi connectivity index (χ4n) is 5.81. The number of nitro benzene ring substituents is 1. The third-order valence-corrected chi connectivity index (χ3v) is 8.35. The summed E-state index contributed by atoms with van der Waals surface area (Å²) in [5, 5.41) is 23.5. The summed E-state index contributed by atoms with van der Waals surface area (Å²) in [5.74, 6) is -0.173. The summed E-state index contributed by atoms with van der Waals surface area (Å²) in [5.41, 5.74) is 5.08. The van der Waals surface area contributed by atoms with Gasteiger partial charge in [-0.1, -0.05) is 54.6 Å². The van der Waals surface area contributed by atoms with Gasteiger partial charge in [-0.15, -0.1) is 0 Å². The number of nitrogens with one attached hydrogen (secondary N) is 1. The summed E-state index contributed by atoms with van der Waals surface area (Å²) in [6.07, 6.45) is -0.190. The number of nitro groups is 1. The number of amides is 1. The second kappa shape index (κ2) is 14.0. The van der Waals surface area contributed by atoms with Crippen LogP contribution in [0.5, 0.6) is 0 Å². The van der Waals surface area contributed by atoms with Gasteiger partial charge >= 0.3 is 0 Å². The molecule has 4 aromatic rings. The predicted molar refractivity (Wildman–Crippen MR) is 171 cm³/mol. The van der Waals surface area contributed by atoms with Gasteiger partial charge in [0.1, 0.15) is 0 Å². The second-order valence-corrected chi connectivity index (χ2v) is 11.4. The topological polar surface area (TPSA) is 117 Å². The number of carbonyl (C=O) groups excluding carboxylic acids is 1. The van der Waals surface area contributed by atoms with Crippen LogP contribution in [0.4, 0.5) is 17.1 Å². The molecule has 1 amide bonds. The zero-order valence-corrected chi connectivity index (χ0v) is 24.8. The SMILES string of the molecule is O=C(Nc1ccc([C@H]2O[C@@H](CN3CCN(c4ccc([N+](=O)[O-])cc4)CC3)C[C@@H](c3ccc(CO)cc3)O2)cc1)c1ccccc1. The lowest BCUT2D eigenvalue weighted by Crippen LogP contribution is -2.49. The predicted octanol–water partition coefficient (Wildman–Crippen LogP) is 5.71. The van der Waals surface area contributed by atoms with Gasteiger partial charge in [-0.25, -0.2) is 0 Å². The van der Waals surface area contributed by atoms with E-state index in [0.717, 1.165) is 55.1 Å². The molecule has 0 spiro atoms. The summed E-state index contributed by atoms with van der Waals surface area (Å²) in [7, 11) is 0. The maximum absolute atomic E-state index is 12.6. The van der Waals surface area contributed by atoms with Crippen LogP contribution >= 0.6 is 0 Å². The lowest BCUT2D eigenvalue weighted by Gasteiger charge is -2.41. The molecule has 0 unspecified atom stereocenters. The van der Waals surface area contributed by atoms with Gasteiger partial charge in [-0.05, 0) is 47.5 Å². The smallest absolute Gasteiger partial charge is 0.269 e. The minimum absolute atomic E-state index is 0.0147. The van der Waals surface area contributed by atoms with Crippen LogP contribution in [0.2, 0.25) is 0 Å². The Hall–Kier alpha value is -4.61. The number of aliphatic hydroxyl groups is 1. The minimum Gasteiger partial charge on any atom is -0.392 e. The van der Waals surface area contributed by atoms with Crippen LogP contribution in [0.1, 0.15) is 45.9 Å². The van der Waals surface area contributed by atoms with E-state index in [-0.39, 0.29) is 35.3 Å². The van der Waals surface area contributed by atoms with Gasteiger partial charge in [0.25, 0.3) is 11.6 Å². The summed E-state index contributed by atoms with van der Waals surface area (Å²) >= 11 is 0. The van der Waals surface area contributed by atoms with Gasteiger partial charge in [-0.2, -0.15) is 0 Å². The molecule has 2 heterocycles. The monoisotopic (exact) mass is 608 g/mol. The maximum Gasteiger partial charge on any atom is 0.269 e. The van der Waals surface area contributed by atoms with Crippen LogP contribution < -0.4 is 10.2 Å². The van der Waals surface area contributed by atoms with E-state index in [0.29, 0.717) is 17.7 Å². The number of aliphatic hydroxyl groups excluding tert-OH is 1. The lowest BCUT2D eigenvalue weighted by molar-refractivity contribution is -0.384. The molecule has 2 N–H and O–H groups in total. The van der Waals surface area contributed by atoms with Gasteiger partial charge in [-0.3, -0.25) is 19.8 Å². The molecule has 4 aromatic carbocycles. The molecule has 0 radical (unpaired) electrons. The summed E-state index contributed by atoms with van der Waals surface area (Å²) < 4.78 is 13.0. The second-order valence-electron chi connectivity index (χ2n) is 11.4. The number of anilines is 2. The summed E-state index contributed by atoms with van der Waals surface area (Å²) in [4.78, 5) is 27.9. The molecule has 0 saturated carbocycles. The van der Waals surface area contributed by atoms with Crippen molar-refractivity contribution >= 4 is 23.0 Å². The zero-order valence-electron chi connectivity index (χ0n) is 24.8. The van der Waals surface area contributed by atoms with Crippen LogP contribution in [0.15, 0.2) is 103 Å². The van der Waals surface area contributed by atoms with Gasteiger partial charge in [0.05, 0.1) is 23.7 Å². The number of hydrogen-bond acceptors (Lipinski definition) is 8. The number of hydrogen-bond donors (Lipinski definition) is 2. The molecular weight excluding hydrogens is 572 g/mol. The van der Waals surface area contributed by atoms with E-state index in [1.807, 2.05) is 78.9 Å². The fraction of sp³-hybridized carbons (Fsp3) is 0.286. The third kappa shape index (κ3) is 7.55. The van der Waals surface area contributed by atoms with Gasteiger partial charge < -0.3 is 24.8 Å². The van der Waals surface area contributed by atoms with Crippen LogP contribution in [0.25, 0.3) is 0 Å². The molecule has 45 heavy (non-hydrogen) atoms. The van der Waals surface area contributed by atoms with E-state index in [1.165, 1.54) is 0 Å². The Morgan fingerprint density at radius 2 is 1.51 bits per heavy atom. The van der Waals surface area contributed by atoms with Crippen LogP contribution in [-0.2, 0) is 16.1 Å². The Morgan fingerprint density at radius 3 is 2.16 bits per heavy atom. The molecule has 2 fully saturated rings. The molecular formula is C35H36N4O6. The molecule has 2 saturated heterocycles. The van der Waals surface area contributed by atoms with E-state index in [1.54, 1.807) is 24.3 Å². The molecule has 232 valence electrons. The molecule has 0 aliphatic carbocycles. The minimum atomic E-state index is -0.591. The number of nitrogens with zero attached hydrogens (tertiary/aromatic N) is 3. The van der Waals surface area contributed by atoms with Crippen LogP contribution in [0.3, 0.4) is 0 Å². The fourth-order valence-corrected chi connectivity index (χ4v) is 5.81. The first-order chi connectivity index (χ1) is 21.9. The largest absolute Gasteiger partial charge is 0.392 e. The molecule has 3 atom stereocenters. The van der Waals surface area contributed by atoms with Gasteiger partial charge in [0.2, 0.25) is 0 Å². The van der Waals surface area contributed by atoms with Crippen molar-refractivity contribution in [3.05, 3.63) is 135 Å². The van der Waals surface area contributed by atoms with Crippen LogP contribution in [-0.4, -0.2) is 59.7 Å². The maximum atomic E-state index is 12.6. The molecule has 10 heteroatoms. The average molecular weight is 609 g/mol. The summed E-state index contributed by atoms with van der Waals surface area (Å²) in [6, 6.07) is 31.2. The van der Waals surface area contributed by atoms with Crippen molar-refractivity contribution < 1.29 is 24.3 Å².